The van der Waals surface area contributed by atoms with Crippen LogP contribution in [0.2, 0.25) is 0 Å². The first-order valence-electron chi connectivity index (χ1n) is 5.63. The maximum atomic E-state index is 11.4. The molecule has 4 nitrogen and oxygen atoms in total. The van der Waals surface area contributed by atoms with Crippen molar-refractivity contribution >= 4 is 5.91 Å². The minimum Gasteiger partial charge on any atom is -0.383 e. The zero-order chi connectivity index (χ0) is 11.1. The molecule has 1 aliphatic rings. The van der Waals surface area contributed by atoms with Crippen LogP contribution in [-0.2, 0) is 9.53 Å². The van der Waals surface area contributed by atoms with Gasteiger partial charge in [0, 0.05) is 20.2 Å². The van der Waals surface area contributed by atoms with Gasteiger partial charge in [-0.2, -0.15) is 0 Å². The maximum absolute atomic E-state index is 11.4. The molecule has 15 heavy (non-hydrogen) atoms. The van der Waals surface area contributed by atoms with Gasteiger partial charge in [0.25, 0.3) is 0 Å². The van der Waals surface area contributed by atoms with Crippen LogP contribution in [0.1, 0.15) is 26.2 Å². The Morgan fingerprint density at radius 3 is 2.73 bits per heavy atom. The minimum absolute atomic E-state index is 0.0826. The fraction of sp³-hybridized carbons (Fsp3) is 0.909. The van der Waals surface area contributed by atoms with Gasteiger partial charge in [-0.3, -0.25) is 4.79 Å². The van der Waals surface area contributed by atoms with Gasteiger partial charge in [-0.15, -0.1) is 0 Å². The molecule has 0 aromatic rings. The second kappa shape index (κ2) is 6.08. The highest BCUT2D eigenvalue weighted by atomic mass is 16.5. The predicted octanol–water partition coefficient (Wildman–Crippen LogP) is 0.529. The lowest BCUT2D eigenvalue weighted by atomic mass is 9.70. The number of hydrogen-bond acceptors (Lipinski definition) is 3. The highest BCUT2D eigenvalue weighted by Crippen LogP contribution is 2.39. The van der Waals surface area contributed by atoms with Gasteiger partial charge in [-0.25, -0.2) is 0 Å². The summed E-state index contributed by atoms with van der Waals surface area (Å²) < 4.78 is 4.87. The van der Waals surface area contributed by atoms with Crippen LogP contribution in [0.25, 0.3) is 0 Å². The molecule has 0 bridgehead atoms. The summed E-state index contributed by atoms with van der Waals surface area (Å²) in [7, 11) is 1.65. The fourth-order valence-corrected chi connectivity index (χ4v) is 1.71. The predicted molar refractivity (Wildman–Crippen MR) is 59.7 cm³/mol. The molecule has 1 amide bonds. The molecule has 4 heteroatoms. The van der Waals surface area contributed by atoms with Gasteiger partial charge < -0.3 is 15.4 Å². The molecule has 0 heterocycles. The Bertz CT molecular complexity index is 203. The molecule has 0 atom stereocenters. The molecule has 1 fully saturated rings. The summed E-state index contributed by atoms with van der Waals surface area (Å²) in [6, 6.07) is 0. The number of methoxy groups -OCH3 is 1. The molecule has 0 unspecified atom stereocenters. The first-order chi connectivity index (χ1) is 7.16. The molecule has 1 aliphatic carbocycles. The third kappa shape index (κ3) is 4.62. The van der Waals surface area contributed by atoms with E-state index in [1.807, 2.05) is 0 Å². The van der Waals surface area contributed by atoms with Crippen molar-refractivity contribution in [1.82, 2.24) is 10.6 Å². The summed E-state index contributed by atoms with van der Waals surface area (Å²) in [6.07, 6.45) is 3.78. The van der Waals surface area contributed by atoms with Crippen LogP contribution >= 0.6 is 0 Å². The topological polar surface area (TPSA) is 50.4 Å². The van der Waals surface area contributed by atoms with E-state index in [1.165, 1.54) is 19.3 Å². The van der Waals surface area contributed by atoms with Crippen molar-refractivity contribution in [2.24, 2.45) is 5.41 Å². The van der Waals surface area contributed by atoms with Crippen LogP contribution in [0, 0.1) is 5.41 Å². The van der Waals surface area contributed by atoms with Crippen LogP contribution in [0.3, 0.4) is 0 Å². The van der Waals surface area contributed by atoms with Crippen molar-refractivity contribution in [1.29, 1.82) is 0 Å². The summed E-state index contributed by atoms with van der Waals surface area (Å²) in [6.45, 7) is 4.80. The molecule has 1 saturated carbocycles. The Labute approximate surface area is 91.8 Å². The van der Waals surface area contributed by atoms with Gasteiger partial charge in [-0.05, 0) is 18.3 Å². The normalized spacial score (nSPS) is 18.3. The number of hydrogen-bond donors (Lipinski definition) is 2. The summed E-state index contributed by atoms with van der Waals surface area (Å²) >= 11 is 0. The number of nitrogens with one attached hydrogen (secondary N) is 2. The first-order valence-corrected chi connectivity index (χ1v) is 5.63. The lowest BCUT2D eigenvalue weighted by molar-refractivity contribution is -0.121. The van der Waals surface area contributed by atoms with Crippen LogP contribution in [0.5, 0.6) is 0 Å². The van der Waals surface area contributed by atoms with Crippen molar-refractivity contribution < 1.29 is 9.53 Å². The molecule has 88 valence electrons. The Hall–Kier alpha value is -0.610. The standard InChI is InChI=1S/C11H22N2O2/c1-11(4-3-5-11)9-13-10(14)8-12-6-7-15-2/h12H,3-9H2,1-2H3,(H,13,14). The summed E-state index contributed by atoms with van der Waals surface area (Å²) in [5.74, 6) is 0.0826. The van der Waals surface area contributed by atoms with Crippen molar-refractivity contribution in [2.45, 2.75) is 26.2 Å². The Morgan fingerprint density at radius 2 is 2.20 bits per heavy atom. The molecule has 0 radical (unpaired) electrons. The van der Waals surface area contributed by atoms with E-state index in [2.05, 4.69) is 17.6 Å². The van der Waals surface area contributed by atoms with Crippen molar-refractivity contribution in [2.75, 3.05) is 33.4 Å². The largest absolute Gasteiger partial charge is 0.383 e. The fourth-order valence-electron chi connectivity index (χ4n) is 1.71. The van der Waals surface area contributed by atoms with Gasteiger partial charge in [-0.1, -0.05) is 13.3 Å². The van der Waals surface area contributed by atoms with Crippen LogP contribution in [0.4, 0.5) is 0 Å². The molecule has 1 rings (SSSR count). The molecular formula is C11H22N2O2. The molecule has 0 aromatic heterocycles. The average Bonchev–Trinajstić information content (AvgIpc) is 2.19. The summed E-state index contributed by atoms with van der Waals surface area (Å²) in [5.41, 5.74) is 0.363. The van der Waals surface area contributed by atoms with Crippen molar-refractivity contribution in [3.8, 4) is 0 Å². The highest BCUT2D eigenvalue weighted by molar-refractivity contribution is 5.78. The number of carbonyl (C=O) groups is 1. The van der Waals surface area contributed by atoms with E-state index in [0.717, 1.165) is 13.1 Å². The lowest BCUT2D eigenvalue weighted by Crippen LogP contribution is -2.43. The quantitative estimate of drug-likeness (QED) is 0.608. The van der Waals surface area contributed by atoms with E-state index in [0.29, 0.717) is 18.6 Å². The van der Waals surface area contributed by atoms with E-state index < -0.39 is 0 Å². The summed E-state index contributed by atoms with van der Waals surface area (Å²) in [4.78, 5) is 11.4. The average molecular weight is 214 g/mol. The number of amides is 1. The second-order valence-electron chi connectivity index (χ2n) is 4.61. The molecule has 2 N–H and O–H groups in total. The summed E-state index contributed by atoms with van der Waals surface area (Å²) in [5, 5.41) is 5.98. The van der Waals surface area contributed by atoms with E-state index in [1.54, 1.807) is 7.11 Å². The minimum atomic E-state index is 0.0826. The van der Waals surface area contributed by atoms with Crippen LogP contribution in [0.15, 0.2) is 0 Å². The zero-order valence-corrected chi connectivity index (χ0v) is 9.77. The SMILES string of the molecule is COCCNCC(=O)NCC1(C)CCC1. The third-order valence-corrected chi connectivity index (χ3v) is 3.04. The third-order valence-electron chi connectivity index (χ3n) is 3.04. The van der Waals surface area contributed by atoms with E-state index in [9.17, 15) is 4.79 Å². The van der Waals surface area contributed by atoms with Crippen molar-refractivity contribution in [3.63, 3.8) is 0 Å². The van der Waals surface area contributed by atoms with E-state index in [4.69, 9.17) is 4.74 Å². The molecular weight excluding hydrogens is 192 g/mol. The van der Waals surface area contributed by atoms with Gasteiger partial charge in [0.05, 0.1) is 13.2 Å². The smallest absolute Gasteiger partial charge is 0.233 e. The Kier molecular flexibility index (Phi) is 5.05. The molecule has 0 spiro atoms. The van der Waals surface area contributed by atoms with Gasteiger partial charge in [0.15, 0.2) is 0 Å². The van der Waals surface area contributed by atoms with Gasteiger partial charge in [0.2, 0.25) is 5.91 Å². The second-order valence-corrected chi connectivity index (χ2v) is 4.61. The number of rotatable bonds is 7. The highest BCUT2D eigenvalue weighted by Gasteiger charge is 2.31. The van der Waals surface area contributed by atoms with Crippen molar-refractivity contribution in [3.05, 3.63) is 0 Å². The van der Waals surface area contributed by atoms with Crippen LogP contribution < -0.4 is 10.6 Å². The molecule has 0 aromatic carbocycles. The zero-order valence-electron chi connectivity index (χ0n) is 9.77. The Balaban J connectivity index is 1.98. The van der Waals surface area contributed by atoms with Gasteiger partial charge >= 0.3 is 0 Å². The lowest BCUT2D eigenvalue weighted by Gasteiger charge is -2.38. The first kappa shape index (κ1) is 12.5. The van der Waals surface area contributed by atoms with E-state index in [-0.39, 0.29) is 5.91 Å². The van der Waals surface area contributed by atoms with E-state index >= 15 is 0 Å². The van der Waals surface area contributed by atoms with Crippen LogP contribution in [-0.4, -0.2) is 39.3 Å². The molecule has 0 aliphatic heterocycles. The molecule has 0 saturated heterocycles. The Morgan fingerprint density at radius 1 is 1.47 bits per heavy atom. The number of carbonyl (C=O) groups excluding carboxylic acids is 1. The monoisotopic (exact) mass is 214 g/mol. The number of ether oxygens (including phenoxy) is 1. The van der Waals surface area contributed by atoms with Gasteiger partial charge in [0.1, 0.15) is 0 Å². The maximum Gasteiger partial charge on any atom is 0.233 e.